The molecule has 1 aromatic rings. The van der Waals surface area contributed by atoms with Crippen LogP contribution in [0.1, 0.15) is 12.0 Å². The van der Waals surface area contributed by atoms with Gasteiger partial charge in [0.05, 0.1) is 6.61 Å². The predicted molar refractivity (Wildman–Crippen MR) is 88.7 cm³/mol. The molecule has 6 heteroatoms. The third-order valence-corrected chi connectivity index (χ3v) is 3.50. The Bertz CT molecular complexity index is 376. The summed E-state index contributed by atoms with van der Waals surface area (Å²) < 4.78 is 0. The van der Waals surface area contributed by atoms with Gasteiger partial charge in [-0.05, 0) is 37.5 Å². The van der Waals surface area contributed by atoms with Crippen molar-refractivity contribution < 1.29 is 15.0 Å². The van der Waals surface area contributed by atoms with Crippen LogP contribution in [-0.2, 0) is 11.2 Å². The molecule has 1 aromatic carbocycles. The fraction of sp³-hybridized carbons (Fsp3) is 0.533. The molecular formula is C15H26N2O3S. The molecule has 0 unspecified atom stereocenters. The van der Waals surface area contributed by atoms with Crippen molar-refractivity contribution in [2.45, 2.75) is 24.9 Å². The Morgan fingerprint density at radius 2 is 2.00 bits per heavy atom. The molecule has 0 heterocycles. The number of likely N-dealkylation sites (N-methyl/N-ethyl adjacent to an activating group) is 1. The number of rotatable bonds is 8. The van der Waals surface area contributed by atoms with Gasteiger partial charge < -0.3 is 21.3 Å². The number of carboxylic acid groups (broad SMARTS) is 1. The lowest BCUT2D eigenvalue weighted by Gasteiger charge is -2.10. The highest BCUT2D eigenvalue weighted by Crippen LogP contribution is 2.02. The zero-order valence-electron chi connectivity index (χ0n) is 12.7. The van der Waals surface area contributed by atoms with Crippen LogP contribution in [0, 0.1) is 0 Å². The summed E-state index contributed by atoms with van der Waals surface area (Å²) in [6, 6.07) is 9.07. The first-order valence-corrected chi connectivity index (χ1v) is 8.23. The van der Waals surface area contributed by atoms with E-state index in [1.807, 2.05) is 36.6 Å². The molecule has 1 rings (SSSR count). The third-order valence-electron chi connectivity index (χ3n) is 2.86. The molecule has 120 valence electrons. The quantitative estimate of drug-likeness (QED) is 0.571. The number of aliphatic hydroxyl groups excluding tert-OH is 1. The predicted octanol–water partition coefficient (Wildman–Crippen LogP) is 0.961. The molecule has 0 aromatic heterocycles. The van der Waals surface area contributed by atoms with E-state index in [1.165, 1.54) is 0 Å². The van der Waals surface area contributed by atoms with Gasteiger partial charge in [0.25, 0.3) is 0 Å². The molecule has 21 heavy (non-hydrogen) atoms. The number of nitrogens with one attached hydrogen (secondary N) is 1. The molecule has 5 nitrogen and oxygen atoms in total. The average molecular weight is 314 g/mol. The van der Waals surface area contributed by atoms with Gasteiger partial charge in [-0.3, -0.25) is 4.79 Å². The first kappa shape index (κ1) is 19.9. The van der Waals surface area contributed by atoms with Crippen LogP contribution in [-0.4, -0.2) is 53.9 Å². The molecule has 0 saturated carbocycles. The first-order valence-electron chi connectivity index (χ1n) is 6.84. The summed E-state index contributed by atoms with van der Waals surface area (Å²) in [7, 11) is 1.65. The number of benzene rings is 1. The summed E-state index contributed by atoms with van der Waals surface area (Å²) >= 11 is 1.75. The Morgan fingerprint density at radius 3 is 2.43 bits per heavy atom. The van der Waals surface area contributed by atoms with E-state index in [9.17, 15) is 4.79 Å². The van der Waals surface area contributed by atoms with Crippen LogP contribution in [0.4, 0.5) is 0 Å². The summed E-state index contributed by atoms with van der Waals surface area (Å²) in [5.74, 6) is 0.230. The largest absolute Gasteiger partial charge is 0.480 e. The highest BCUT2D eigenvalue weighted by atomic mass is 32.2. The van der Waals surface area contributed by atoms with Gasteiger partial charge in [-0.1, -0.05) is 30.3 Å². The van der Waals surface area contributed by atoms with Crippen molar-refractivity contribution >= 4 is 17.7 Å². The number of hydrogen-bond acceptors (Lipinski definition) is 5. The van der Waals surface area contributed by atoms with Crippen molar-refractivity contribution in [1.82, 2.24) is 5.32 Å². The second kappa shape index (κ2) is 12.6. The average Bonchev–Trinajstić information content (AvgIpc) is 2.51. The van der Waals surface area contributed by atoms with Gasteiger partial charge in [0.15, 0.2) is 0 Å². The van der Waals surface area contributed by atoms with Crippen molar-refractivity contribution in [2.24, 2.45) is 5.73 Å². The number of hydrogen-bond donors (Lipinski definition) is 4. The lowest BCUT2D eigenvalue weighted by molar-refractivity contribution is -0.139. The molecule has 0 amide bonds. The molecule has 0 spiro atoms. The van der Waals surface area contributed by atoms with Crippen molar-refractivity contribution in [3.63, 3.8) is 0 Å². The normalized spacial score (nSPS) is 13.0. The van der Waals surface area contributed by atoms with Gasteiger partial charge in [-0.2, -0.15) is 11.8 Å². The number of carbonyl (C=O) groups is 1. The number of aliphatic hydroxyl groups is 1. The van der Waals surface area contributed by atoms with Crippen LogP contribution in [0.25, 0.3) is 0 Å². The molecule has 0 aliphatic heterocycles. The molecule has 5 N–H and O–H groups in total. The van der Waals surface area contributed by atoms with E-state index in [1.54, 1.807) is 18.8 Å². The maximum absolute atomic E-state index is 10.7. The van der Waals surface area contributed by atoms with Gasteiger partial charge in [-0.25, -0.2) is 0 Å². The Hall–Kier alpha value is -1.08. The van der Waals surface area contributed by atoms with E-state index in [2.05, 4.69) is 5.32 Å². The van der Waals surface area contributed by atoms with Crippen LogP contribution in [0.2, 0.25) is 0 Å². The fourth-order valence-electron chi connectivity index (χ4n) is 1.52. The van der Waals surface area contributed by atoms with Crippen molar-refractivity contribution in [2.75, 3.05) is 25.7 Å². The molecule has 0 fully saturated rings. The number of carboxylic acids is 1. The first-order chi connectivity index (χ1) is 10.0. The second-order valence-electron chi connectivity index (χ2n) is 4.59. The van der Waals surface area contributed by atoms with Gasteiger partial charge in [0.2, 0.25) is 0 Å². The minimum absolute atomic E-state index is 0.0116. The van der Waals surface area contributed by atoms with Gasteiger partial charge in [0, 0.05) is 6.04 Å². The van der Waals surface area contributed by atoms with E-state index in [-0.39, 0.29) is 12.6 Å². The molecule has 0 saturated heterocycles. The molecule has 0 radical (unpaired) electrons. The minimum Gasteiger partial charge on any atom is -0.480 e. The van der Waals surface area contributed by atoms with Gasteiger partial charge >= 0.3 is 5.97 Å². The lowest BCUT2D eigenvalue weighted by Crippen LogP contribution is -2.35. The molecule has 0 aliphatic rings. The lowest BCUT2D eigenvalue weighted by atomic mass is 10.1. The van der Waals surface area contributed by atoms with E-state index in [4.69, 9.17) is 15.9 Å². The maximum atomic E-state index is 10.7. The van der Waals surface area contributed by atoms with Gasteiger partial charge in [-0.15, -0.1) is 0 Å². The van der Waals surface area contributed by atoms with Crippen molar-refractivity contribution in [1.29, 1.82) is 0 Å². The Kier molecular flexibility index (Phi) is 12.0. The molecule has 0 bridgehead atoms. The van der Waals surface area contributed by atoms with Crippen molar-refractivity contribution in [3.05, 3.63) is 35.9 Å². The standard InChI is InChI=1S/C10H13NO2.C5H13NOS/c1-11-9(10(12)13)7-8-5-3-2-4-6-8;1-8-3-2-5(6)4-7/h2-6,9,11H,7H2,1H3,(H,12,13);5,7H,2-4,6H2,1H3/t9-;5-/m00/s1. The molecule has 2 atom stereocenters. The van der Waals surface area contributed by atoms with Crippen LogP contribution in [0.3, 0.4) is 0 Å². The highest BCUT2D eigenvalue weighted by molar-refractivity contribution is 7.98. The molecule has 0 aliphatic carbocycles. The van der Waals surface area contributed by atoms with E-state index >= 15 is 0 Å². The maximum Gasteiger partial charge on any atom is 0.321 e. The molecular weight excluding hydrogens is 288 g/mol. The Morgan fingerprint density at radius 1 is 1.38 bits per heavy atom. The number of aliphatic carboxylic acids is 1. The smallest absolute Gasteiger partial charge is 0.321 e. The van der Waals surface area contributed by atoms with Crippen molar-refractivity contribution in [3.8, 4) is 0 Å². The fourth-order valence-corrected chi connectivity index (χ4v) is 2.06. The van der Waals surface area contributed by atoms with Gasteiger partial charge in [0.1, 0.15) is 6.04 Å². The van der Waals surface area contributed by atoms with Crippen LogP contribution in [0.15, 0.2) is 30.3 Å². The topological polar surface area (TPSA) is 95.6 Å². The van der Waals surface area contributed by atoms with Crippen LogP contribution in [0.5, 0.6) is 0 Å². The zero-order valence-corrected chi connectivity index (χ0v) is 13.5. The number of thioether (sulfide) groups is 1. The monoisotopic (exact) mass is 314 g/mol. The van der Waals surface area contributed by atoms with Crippen LogP contribution >= 0.6 is 11.8 Å². The van der Waals surface area contributed by atoms with E-state index in [0.717, 1.165) is 17.7 Å². The number of nitrogens with two attached hydrogens (primary N) is 1. The minimum atomic E-state index is -0.814. The summed E-state index contributed by atoms with van der Waals surface area (Å²) in [5.41, 5.74) is 6.43. The van der Waals surface area contributed by atoms with Crippen LogP contribution < -0.4 is 11.1 Å². The summed E-state index contributed by atoms with van der Waals surface area (Å²) in [4.78, 5) is 10.7. The summed E-state index contributed by atoms with van der Waals surface area (Å²) in [6.45, 7) is 0.112. The summed E-state index contributed by atoms with van der Waals surface area (Å²) in [5, 5.41) is 19.9. The third kappa shape index (κ3) is 10.3. The summed E-state index contributed by atoms with van der Waals surface area (Å²) in [6.07, 6.45) is 3.47. The SMILES string of the molecule is CN[C@@H](Cc1ccccc1)C(=O)O.CSCC[C@H](N)CO. The Balaban J connectivity index is 0.000000433. The zero-order chi connectivity index (χ0) is 16.1. The second-order valence-corrected chi connectivity index (χ2v) is 5.58. The van der Waals surface area contributed by atoms with E-state index < -0.39 is 12.0 Å². The van der Waals surface area contributed by atoms with E-state index in [0.29, 0.717) is 6.42 Å². The Labute approximate surface area is 130 Å². The highest BCUT2D eigenvalue weighted by Gasteiger charge is 2.14.